The van der Waals surface area contributed by atoms with E-state index in [1.807, 2.05) is 0 Å². The summed E-state index contributed by atoms with van der Waals surface area (Å²) in [6.07, 6.45) is 0. The van der Waals surface area contributed by atoms with Crippen molar-refractivity contribution in [1.29, 1.82) is 0 Å². The number of hydrazone groups is 1. The van der Waals surface area contributed by atoms with Crippen LogP contribution in [-0.2, 0) is 39.3 Å². The number of carbonyl (C=O) groups is 2. The van der Waals surface area contributed by atoms with Crippen LogP contribution >= 0.6 is 11.6 Å². The maximum absolute atomic E-state index is 12.9. The molecule has 2 aromatic rings. The minimum atomic E-state index is -4.93. The molecule has 0 bridgehead atoms. The molecule has 42 heavy (non-hydrogen) atoms. The molecule has 1 unspecified atom stereocenters. The molecular formula is C19H16ClN4Na3O12S3+2. The third kappa shape index (κ3) is 10.6. The number of carbonyl (C=O) groups excluding carboxylic acids is 2. The number of anilines is 1. The van der Waals surface area contributed by atoms with E-state index in [0.717, 1.165) is 17.1 Å². The zero-order valence-corrected chi connectivity index (χ0v) is 31.5. The smallest absolute Gasteiger partial charge is 0.545 e. The summed E-state index contributed by atoms with van der Waals surface area (Å²) in [4.78, 5) is 23.0. The molecule has 210 valence electrons. The summed E-state index contributed by atoms with van der Waals surface area (Å²) in [5.74, 6) is -3.34. The van der Waals surface area contributed by atoms with Crippen LogP contribution in [0, 0.1) is 0 Å². The van der Waals surface area contributed by atoms with Gasteiger partial charge in [0.15, 0.2) is 15.9 Å². The molecule has 0 fully saturated rings. The van der Waals surface area contributed by atoms with Crippen molar-refractivity contribution in [3.05, 3.63) is 47.0 Å². The molecule has 0 aliphatic carbocycles. The summed E-state index contributed by atoms with van der Waals surface area (Å²) in [7, 11) is -13.8. The van der Waals surface area contributed by atoms with Gasteiger partial charge in [-0.2, -0.15) is 37.2 Å². The van der Waals surface area contributed by atoms with E-state index in [4.69, 9.17) is 16.2 Å². The van der Waals surface area contributed by atoms with Crippen LogP contribution in [0.3, 0.4) is 0 Å². The van der Waals surface area contributed by atoms with Crippen molar-refractivity contribution in [3.63, 3.8) is 0 Å². The molecule has 0 spiro atoms. The Hall–Kier alpha value is -0.330. The van der Waals surface area contributed by atoms with Crippen LogP contribution in [0.5, 0.6) is 0 Å². The maximum Gasteiger partial charge on any atom is 1.00 e. The number of amides is 1. The molecule has 0 saturated heterocycles. The summed E-state index contributed by atoms with van der Waals surface area (Å²) < 4.78 is 91.2. The fourth-order valence-electron chi connectivity index (χ4n) is 3.14. The predicted octanol–water partition coefficient (Wildman–Crippen LogP) is -8.57. The first-order valence-electron chi connectivity index (χ1n) is 10.2. The van der Waals surface area contributed by atoms with E-state index in [1.54, 1.807) is 0 Å². The largest absolute Gasteiger partial charge is 1.00 e. The van der Waals surface area contributed by atoms with E-state index in [1.165, 1.54) is 19.1 Å². The number of azo groups is 1. The van der Waals surface area contributed by atoms with Crippen LogP contribution in [0.25, 0.3) is 0 Å². The molecule has 0 aromatic heterocycles. The van der Waals surface area contributed by atoms with E-state index >= 15 is 0 Å². The second kappa shape index (κ2) is 16.3. The number of hydrogen-bond donors (Lipinski definition) is 2. The summed E-state index contributed by atoms with van der Waals surface area (Å²) in [6, 6.07) is 4.57. The normalized spacial score (nSPS) is 15.4. The van der Waals surface area contributed by atoms with Crippen LogP contribution in [0.2, 0.25) is 5.02 Å². The fourth-order valence-corrected chi connectivity index (χ4v) is 5.57. The molecule has 1 atom stereocenters. The van der Waals surface area contributed by atoms with E-state index < -0.39 is 81.8 Å². The second-order valence-electron chi connectivity index (χ2n) is 7.63. The zero-order chi connectivity index (χ0) is 29.3. The second-order valence-corrected chi connectivity index (χ2v) is 12.6. The Morgan fingerprint density at radius 1 is 1.07 bits per heavy atom. The average molecular weight is 693 g/mol. The van der Waals surface area contributed by atoms with Crippen LogP contribution in [0.15, 0.2) is 61.5 Å². The standard InChI is InChI=1S/C19H17ClN4O12S3.3Na/c1-10-17(22-21-15-8-13(19(26)27)14(20)9-16(15)38(30,31)32)18(25)24(23-10)11-2-4-12(5-3-11)37(28,29)7-6-36-39(33,34)35;;;/h2-5,8-9,17H,6-7H2,1H3,(H,26,27)(H,30,31,32)(H,33,34,35);;;/q;3*+1/p-1. The Bertz CT molecular complexity index is 1740. The van der Waals surface area contributed by atoms with Crippen LogP contribution in [-0.4, -0.2) is 70.3 Å². The molecule has 1 aliphatic rings. The van der Waals surface area contributed by atoms with Gasteiger partial charge in [-0.1, -0.05) is 11.6 Å². The first-order chi connectivity index (χ1) is 17.9. The van der Waals surface area contributed by atoms with Gasteiger partial charge in [-0.25, -0.2) is 12.6 Å². The molecule has 3 rings (SSSR count). The summed E-state index contributed by atoms with van der Waals surface area (Å²) in [5.41, 5.74) is -1.13. The Labute approximate surface area is 311 Å². The van der Waals surface area contributed by atoms with Crippen LogP contribution in [0.1, 0.15) is 17.3 Å². The van der Waals surface area contributed by atoms with E-state index in [0.29, 0.717) is 12.1 Å². The SMILES string of the molecule is CC1=NN(c2ccc(S(=O)(=O)CCOS(=O)(=O)O)cc2)C(=O)C1N=Nc1cc(C(=O)[O-])c(Cl)cc1S(=O)(=O)O.[Na+].[Na+].[Na+]. The van der Waals surface area contributed by atoms with Gasteiger partial charge in [0.25, 0.3) is 16.0 Å². The molecule has 2 aromatic carbocycles. The number of nitrogens with zero attached hydrogens (tertiary/aromatic N) is 4. The van der Waals surface area contributed by atoms with Gasteiger partial charge in [0, 0.05) is 5.56 Å². The van der Waals surface area contributed by atoms with Gasteiger partial charge in [0.05, 0.1) is 39.6 Å². The third-order valence-electron chi connectivity index (χ3n) is 4.95. The number of rotatable bonds is 10. The predicted molar refractivity (Wildman–Crippen MR) is 130 cm³/mol. The van der Waals surface area contributed by atoms with Crippen molar-refractivity contribution < 1.29 is 142 Å². The van der Waals surface area contributed by atoms with Crippen molar-refractivity contribution in [2.45, 2.75) is 22.8 Å². The molecule has 2 N–H and O–H groups in total. The molecule has 23 heteroatoms. The van der Waals surface area contributed by atoms with Gasteiger partial charge >= 0.3 is 99.1 Å². The van der Waals surface area contributed by atoms with Crippen molar-refractivity contribution in [2.24, 2.45) is 15.3 Å². The minimum Gasteiger partial charge on any atom is -0.545 e. The topological polar surface area (TPSA) is 250 Å². The molecule has 0 saturated carbocycles. The summed E-state index contributed by atoms with van der Waals surface area (Å²) in [6.45, 7) is 0.550. The van der Waals surface area contributed by atoms with Crippen LogP contribution < -0.4 is 98.8 Å². The molecule has 0 radical (unpaired) electrons. The monoisotopic (exact) mass is 692 g/mol. The fraction of sp³-hybridized carbons (Fsp3) is 0.211. The Balaban J connectivity index is 0.00000560. The van der Waals surface area contributed by atoms with Gasteiger partial charge in [-0.15, -0.1) is 0 Å². The number of sulfone groups is 1. The summed E-state index contributed by atoms with van der Waals surface area (Å²) in [5, 5.41) is 22.9. The Morgan fingerprint density at radius 3 is 2.14 bits per heavy atom. The van der Waals surface area contributed by atoms with Crippen molar-refractivity contribution in [3.8, 4) is 0 Å². The number of carboxylic acids is 1. The van der Waals surface area contributed by atoms with Gasteiger partial charge in [-0.3, -0.25) is 13.9 Å². The Kier molecular flexibility index (Phi) is 16.2. The minimum absolute atomic E-state index is 0. The van der Waals surface area contributed by atoms with Crippen molar-refractivity contribution in [1.82, 2.24) is 0 Å². The molecule has 1 amide bonds. The Morgan fingerprint density at radius 2 is 1.64 bits per heavy atom. The number of hydrogen-bond acceptors (Lipinski definition) is 13. The first kappa shape index (κ1) is 41.7. The number of benzene rings is 2. The van der Waals surface area contributed by atoms with Crippen LogP contribution in [0.4, 0.5) is 11.4 Å². The quantitative estimate of drug-likeness (QED) is 0.134. The van der Waals surface area contributed by atoms with Gasteiger partial charge in [-0.05, 0) is 43.3 Å². The molecule has 16 nitrogen and oxygen atoms in total. The maximum atomic E-state index is 12.9. The third-order valence-corrected chi connectivity index (χ3v) is 8.30. The van der Waals surface area contributed by atoms with Crippen molar-refractivity contribution in [2.75, 3.05) is 17.4 Å². The van der Waals surface area contributed by atoms with Crippen molar-refractivity contribution >= 4 is 70.9 Å². The number of aromatic carboxylic acids is 1. The molecular weight excluding hydrogens is 677 g/mol. The number of carboxylic acid groups (broad SMARTS) is 1. The van der Waals surface area contributed by atoms with Gasteiger partial charge in [0.2, 0.25) is 0 Å². The number of halogens is 1. The van der Waals surface area contributed by atoms with E-state index in [2.05, 4.69) is 19.5 Å². The summed E-state index contributed by atoms with van der Waals surface area (Å²) >= 11 is 5.72. The average Bonchev–Trinajstić information content (AvgIpc) is 3.09. The van der Waals surface area contributed by atoms with E-state index in [-0.39, 0.29) is 105 Å². The zero-order valence-electron chi connectivity index (χ0n) is 22.3. The first-order valence-corrected chi connectivity index (χ1v) is 15.0. The molecule has 1 heterocycles. The van der Waals surface area contributed by atoms with E-state index in [9.17, 15) is 44.5 Å². The van der Waals surface area contributed by atoms with Gasteiger partial charge in [0.1, 0.15) is 10.6 Å². The van der Waals surface area contributed by atoms with Gasteiger partial charge < -0.3 is 9.90 Å². The molecule has 1 aliphatic heterocycles.